The van der Waals surface area contributed by atoms with Gasteiger partial charge in [-0.15, -0.1) is 0 Å². The maximum atomic E-state index is 12.8. The molecule has 0 saturated heterocycles. The van der Waals surface area contributed by atoms with E-state index < -0.39 is 23.5 Å². The normalized spacial score (nSPS) is 13.6. The van der Waals surface area contributed by atoms with Crippen LogP contribution >= 0.6 is 0 Å². The zero-order valence-corrected chi connectivity index (χ0v) is 21.0. The van der Waals surface area contributed by atoms with Crippen LogP contribution < -0.4 is 10.6 Å². The van der Waals surface area contributed by atoms with Crippen molar-refractivity contribution in [1.82, 2.24) is 10.6 Å². The van der Waals surface area contributed by atoms with E-state index in [0.717, 1.165) is 28.7 Å². The number of carboxylic acids is 1. The van der Waals surface area contributed by atoms with Crippen molar-refractivity contribution in [2.45, 2.75) is 58.9 Å². The average molecular weight is 481 g/mol. The maximum Gasteiger partial charge on any atom is 0.407 e. The van der Waals surface area contributed by atoms with Crippen LogP contribution in [0.25, 0.3) is 11.1 Å². The molecule has 7 heteroatoms. The molecule has 0 spiro atoms. The molecule has 2 aromatic carbocycles. The Balaban J connectivity index is 1.60. The first-order valence-electron chi connectivity index (χ1n) is 12.2. The van der Waals surface area contributed by atoms with Gasteiger partial charge >= 0.3 is 12.1 Å². The first kappa shape index (κ1) is 26.3. The second kappa shape index (κ2) is 11.4. The molecule has 0 fully saturated rings. The van der Waals surface area contributed by atoms with Crippen molar-refractivity contribution in [3.05, 3.63) is 59.7 Å². The van der Waals surface area contributed by atoms with E-state index in [9.17, 15) is 19.5 Å². The second-order valence-electron chi connectivity index (χ2n) is 10.2. The van der Waals surface area contributed by atoms with Crippen LogP contribution in [0, 0.1) is 11.3 Å². The van der Waals surface area contributed by atoms with E-state index in [-0.39, 0.29) is 31.4 Å². The van der Waals surface area contributed by atoms with Gasteiger partial charge in [0.25, 0.3) is 0 Å². The number of carbonyl (C=O) groups is 3. The average Bonchev–Trinajstić information content (AvgIpc) is 3.13. The third kappa shape index (κ3) is 6.62. The fourth-order valence-corrected chi connectivity index (χ4v) is 4.28. The number of fused-ring (bicyclic) bond motifs is 3. The molecule has 1 aliphatic rings. The van der Waals surface area contributed by atoms with Gasteiger partial charge in [0.2, 0.25) is 5.91 Å². The van der Waals surface area contributed by atoms with Crippen LogP contribution in [0.15, 0.2) is 48.5 Å². The quantitative estimate of drug-likeness (QED) is 0.422. The molecule has 1 unspecified atom stereocenters. The molecule has 0 saturated carbocycles. The van der Waals surface area contributed by atoms with Gasteiger partial charge in [0.15, 0.2) is 0 Å². The number of carbonyl (C=O) groups excluding carboxylic acids is 2. The molecule has 1 atom stereocenters. The van der Waals surface area contributed by atoms with Gasteiger partial charge in [-0.25, -0.2) is 4.79 Å². The van der Waals surface area contributed by atoms with Gasteiger partial charge in [0.1, 0.15) is 12.6 Å². The predicted molar refractivity (Wildman–Crippen MR) is 135 cm³/mol. The lowest BCUT2D eigenvalue weighted by Gasteiger charge is -2.22. The first-order valence-corrected chi connectivity index (χ1v) is 12.2. The number of aliphatic carboxylic acids is 1. The van der Waals surface area contributed by atoms with Crippen molar-refractivity contribution in [2.24, 2.45) is 11.3 Å². The van der Waals surface area contributed by atoms with E-state index >= 15 is 0 Å². The molecule has 1 aliphatic carbocycles. The summed E-state index contributed by atoms with van der Waals surface area (Å²) in [5.41, 5.74) is 3.60. The van der Waals surface area contributed by atoms with Gasteiger partial charge < -0.3 is 20.5 Å². The van der Waals surface area contributed by atoms with Gasteiger partial charge in [0.05, 0.1) is 5.41 Å². The number of ether oxygens (including phenoxy) is 1. The van der Waals surface area contributed by atoms with Crippen molar-refractivity contribution in [2.75, 3.05) is 13.2 Å². The Morgan fingerprint density at radius 3 is 2.09 bits per heavy atom. The minimum atomic E-state index is -0.944. The summed E-state index contributed by atoms with van der Waals surface area (Å²) in [4.78, 5) is 36.8. The van der Waals surface area contributed by atoms with Crippen LogP contribution in [0.2, 0.25) is 0 Å². The lowest BCUT2D eigenvalue weighted by Crippen LogP contribution is -2.48. The van der Waals surface area contributed by atoms with Crippen molar-refractivity contribution in [3.8, 4) is 11.1 Å². The topological polar surface area (TPSA) is 105 Å². The number of nitrogens with one attached hydrogen (secondary N) is 2. The van der Waals surface area contributed by atoms with E-state index in [0.29, 0.717) is 12.3 Å². The van der Waals surface area contributed by atoms with Gasteiger partial charge in [-0.3, -0.25) is 9.59 Å². The fraction of sp³-hybridized carbons (Fsp3) is 0.464. The summed E-state index contributed by atoms with van der Waals surface area (Å²) >= 11 is 0. The number of amides is 2. The maximum absolute atomic E-state index is 12.8. The number of benzene rings is 2. The number of rotatable bonds is 11. The van der Waals surface area contributed by atoms with E-state index in [2.05, 4.69) is 48.7 Å². The summed E-state index contributed by atoms with van der Waals surface area (Å²) in [6.45, 7) is 7.72. The highest BCUT2D eigenvalue weighted by atomic mass is 16.5. The Morgan fingerprint density at radius 1 is 0.971 bits per heavy atom. The number of carboxylic acid groups (broad SMARTS) is 1. The Bertz CT molecular complexity index is 1020. The molecular weight excluding hydrogens is 444 g/mol. The zero-order chi connectivity index (χ0) is 25.6. The summed E-state index contributed by atoms with van der Waals surface area (Å²) in [7, 11) is 0. The molecule has 0 aliphatic heterocycles. The lowest BCUT2D eigenvalue weighted by atomic mass is 9.89. The number of hydrogen-bond donors (Lipinski definition) is 3. The molecule has 188 valence electrons. The van der Waals surface area contributed by atoms with Gasteiger partial charge in [-0.05, 0) is 61.3 Å². The van der Waals surface area contributed by atoms with Crippen LogP contribution in [-0.2, 0) is 14.3 Å². The summed E-state index contributed by atoms with van der Waals surface area (Å²) in [6.07, 6.45) is 0.871. The summed E-state index contributed by atoms with van der Waals surface area (Å²) in [6, 6.07) is 15.5. The summed E-state index contributed by atoms with van der Waals surface area (Å²) in [5.74, 6) is -0.949. The second-order valence-corrected chi connectivity index (χ2v) is 10.2. The van der Waals surface area contributed by atoms with Gasteiger partial charge in [-0.2, -0.15) is 0 Å². The summed E-state index contributed by atoms with van der Waals surface area (Å²) in [5, 5.41) is 14.8. The molecule has 2 amide bonds. The number of alkyl carbamates (subject to hydrolysis) is 1. The SMILES string of the molecule is CC(C)CCC(NC(=O)OCC1c2ccccc2-c2ccccc21)C(=O)NCCC(C)(C)C(=O)O. The van der Waals surface area contributed by atoms with Gasteiger partial charge in [0, 0.05) is 12.5 Å². The highest BCUT2D eigenvalue weighted by Gasteiger charge is 2.30. The monoisotopic (exact) mass is 480 g/mol. The molecule has 0 bridgehead atoms. The van der Waals surface area contributed by atoms with Crippen molar-refractivity contribution < 1.29 is 24.2 Å². The predicted octanol–water partition coefficient (Wildman–Crippen LogP) is 4.95. The summed E-state index contributed by atoms with van der Waals surface area (Å²) < 4.78 is 5.61. The molecule has 35 heavy (non-hydrogen) atoms. The molecule has 7 nitrogen and oxygen atoms in total. The minimum absolute atomic E-state index is 0.0608. The van der Waals surface area contributed by atoms with E-state index in [4.69, 9.17) is 4.74 Å². The minimum Gasteiger partial charge on any atom is -0.481 e. The zero-order valence-electron chi connectivity index (χ0n) is 21.0. The third-order valence-electron chi connectivity index (χ3n) is 6.61. The van der Waals surface area contributed by atoms with Gasteiger partial charge in [-0.1, -0.05) is 62.4 Å². The van der Waals surface area contributed by atoms with Crippen LogP contribution in [0.3, 0.4) is 0 Å². The molecule has 0 radical (unpaired) electrons. The van der Waals surface area contributed by atoms with E-state index in [1.54, 1.807) is 13.8 Å². The molecule has 0 aromatic heterocycles. The van der Waals surface area contributed by atoms with E-state index in [1.165, 1.54) is 0 Å². The van der Waals surface area contributed by atoms with Crippen LogP contribution in [0.5, 0.6) is 0 Å². The standard InChI is InChI=1S/C28H36N2O5/c1-18(2)13-14-24(25(31)29-16-15-28(3,4)26(32)33)30-27(34)35-17-23-21-11-7-5-9-19(21)20-10-6-8-12-22(20)23/h5-12,18,23-24H,13-17H2,1-4H3,(H,29,31)(H,30,34)(H,32,33). The van der Waals surface area contributed by atoms with Crippen LogP contribution in [-0.4, -0.2) is 42.3 Å². The highest BCUT2D eigenvalue weighted by Crippen LogP contribution is 2.44. The van der Waals surface area contributed by atoms with E-state index in [1.807, 2.05) is 24.3 Å². The Kier molecular flexibility index (Phi) is 8.54. The molecule has 3 rings (SSSR count). The molecule has 2 aromatic rings. The highest BCUT2D eigenvalue weighted by molar-refractivity contribution is 5.85. The first-order chi connectivity index (χ1) is 16.6. The largest absolute Gasteiger partial charge is 0.481 e. The third-order valence-corrected chi connectivity index (χ3v) is 6.61. The molecular formula is C28H36N2O5. The van der Waals surface area contributed by atoms with Crippen molar-refractivity contribution in [1.29, 1.82) is 0 Å². The Labute approximate surface area is 207 Å². The molecule has 0 heterocycles. The molecule has 3 N–H and O–H groups in total. The van der Waals surface area contributed by atoms with Crippen molar-refractivity contribution >= 4 is 18.0 Å². The number of hydrogen-bond acceptors (Lipinski definition) is 4. The lowest BCUT2D eigenvalue weighted by molar-refractivity contribution is -0.147. The van der Waals surface area contributed by atoms with Crippen LogP contribution in [0.1, 0.15) is 64.0 Å². The Morgan fingerprint density at radius 2 is 1.54 bits per heavy atom. The fourth-order valence-electron chi connectivity index (χ4n) is 4.28. The van der Waals surface area contributed by atoms with Crippen molar-refractivity contribution in [3.63, 3.8) is 0 Å². The smallest absolute Gasteiger partial charge is 0.407 e. The van der Waals surface area contributed by atoms with Crippen LogP contribution in [0.4, 0.5) is 4.79 Å². The Hall–Kier alpha value is -3.35.